The van der Waals surface area contributed by atoms with E-state index in [1.165, 1.54) is 11.8 Å². The normalized spacial score (nSPS) is 16.7. The Morgan fingerprint density at radius 1 is 1.17 bits per heavy atom. The molecule has 1 aromatic carbocycles. The van der Waals surface area contributed by atoms with Gasteiger partial charge in [0.05, 0.1) is 56.8 Å². The topological polar surface area (TPSA) is 102 Å². The number of amides is 1. The number of nitrogens with one attached hydrogen (secondary N) is 1. The van der Waals surface area contributed by atoms with Crippen molar-refractivity contribution >= 4 is 28.8 Å². The van der Waals surface area contributed by atoms with Crippen LogP contribution in [0.4, 0.5) is 0 Å². The second kappa shape index (κ2) is 11.3. The zero-order valence-electron chi connectivity index (χ0n) is 20.6. The number of ether oxygens (including phenoxy) is 3. The third-order valence-electron chi connectivity index (χ3n) is 5.76. The Bertz CT molecular complexity index is 1240. The van der Waals surface area contributed by atoms with Crippen LogP contribution in [0.5, 0.6) is 11.5 Å². The molecule has 1 amide bonds. The first-order valence-electron chi connectivity index (χ1n) is 11.5. The highest BCUT2D eigenvalue weighted by atomic mass is 32.2. The number of nitrogens with zero attached hydrogens (tertiary/aromatic N) is 3. The molecule has 1 aromatic heterocycles. The van der Waals surface area contributed by atoms with Gasteiger partial charge in [0.25, 0.3) is 0 Å². The Balaban J connectivity index is 1.69. The standard InChI is InChI=1S/C26H28N4O5S/c1-5-35-25(32)23-16(2)29-26-30(24(23)20-13-19(33-3)9-10-21(20)34-4)18(15-36-26)12-22(31)28-14-17-8-6-7-11-27-17/h6-11,13,15,24H,5,12,14H2,1-4H3,(H,28,31)/t24-/m1/s1. The second-order valence-electron chi connectivity index (χ2n) is 8.00. The quantitative estimate of drug-likeness (QED) is 0.508. The Morgan fingerprint density at radius 3 is 2.69 bits per heavy atom. The van der Waals surface area contributed by atoms with E-state index >= 15 is 0 Å². The van der Waals surface area contributed by atoms with E-state index in [-0.39, 0.29) is 18.9 Å². The highest BCUT2D eigenvalue weighted by molar-refractivity contribution is 8.16. The number of fused-ring (bicyclic) bond motifs is 1. The third-order valence-corrected chi connectivity index (χ3v) is 6.65. The molecule has 188 valence electrons. The van der Waals surface area contributed by atoms with Crippen LogP contribution in [0.2, 0.25) is 0 Å². The predicted octanol–water partition coefficient (Wildman–Crippen LogP) is 3.94. The van der Waals surface area contributed by atoms with Crippen LogP contribution in [-0.2, 0) is 20.9 Å². The van der Waals surface area contributed by atoms with Gasteiger partial charge in [-0.15, -0.1) is 0 Å². The van der Waals surface area contributed by atoms with Crippen LogP contribution in [0.15, 0.2) is 70.0 Å². The van der Waals surface area contributed by atoms with Gasteiger partial charge in [0.15, 0.2) is 5.17 Å². The molecule has 36 heavy (non-hydrogen) atoms. The summed E-state index contributed by atoms with van der Waals surface area (Å²) < 4.78 is 16.5. The molecule has 2 aliphatic heterocycles. The molecular weight excluding hydrogens is 480 g/mol. The van der Waals surface area contributed by atoms with Gasteiger partial charge in [-0.3, -0.25) is 9.78 Å². The Morgan fingerprint density at radius 2 is 2.00 bits per heavy atom. The van der Waals surface area contributed by atoms with E-state index < -0.39 is 12.0 Å². The first-order valence-corrected chi connectivity index (χ1v) is 12.3. The highest BCUT2D eigenvalue weighted by Crippen LogP contribution is 2.47. The summed E-state index contributed by atoms with van der Waals surface area (Å²) in [5.74, 6) is 0.548. The first-order chi connectivity index (χ1) is 17.5. The molecule has 0 aliphatic carbocycles. The van der Waals surface area contributed by atoms with Crippen LogP contribution < -0.4 is 14.8 Å². The van der Waals surface area contributed by atoms with Crippen LogP contribution in [0.1, 0.15) is 37.6 Å². The largest absolute Gasteiger partial charge is 0.497 e. The summed E-state index contributed by atoms with van der Waals surface area (Å²) in [7, 11) is 3.15. The van der Waals surface area contributed by atoms with Crippen LogP contribution in [0.3, 0.4) is 0 Å². The number of carbonyl (C=O) groups is 2. The summed E-state index contributed by atoms with van der Waals surface area (Å²) in [6, 6.07) is 10.4. The fourth-order valence-corrected chi connectivity index (χ4v) is 5.07. The number of amidine groups is 1. The minimum Gasteiger partial charge on any atom is -0.497 e. The van der Waals surface area contributed by atoms with Crippen molar-refractivity contribution in [2.75, 3.05) is 20.8 Å². The molecule has 1 atom stereocenters. The maximum Gasteiger partial charge on any atom is 0.338 e. The summed E-state index contributed by atoms with van der Waals surface area (Å²) >= 11 is 1.41. The lowest BCUT2D eigenvalue weighted by Gasteiger charge is -2.36. The monoisotopic (exact) mass is 508 g/mol. The Kier molecular flexibility index (Phi) is 7.94. The van der Waals surface area contributed by atoms with E-state index in [4.69, 9.17) is 14.2 Å². The van der Waals surface area contributed by atoms with Crippen molar-refractivity contribution in [3.8, 4) is 11.5 Å². The lowest BCUT2D eigenvalue weighted by atomic mass is 9.92. The lowest BCUT2D eigenvalue weighted by Crippen LogP contribution is -2.38. The van der Waals surface area contributed by atoms with E-state index in [2.05, 4.69) is 15.3 Å². The van der Waals surface area contributed by atoms with E-state index in [9.17, 15) is 9.59 Å². The van der Waals surface area contributed by atoms with Crippen molar-refractivity contribution in [2.45, 2.75) is 32.9 Å². The van der Waals surface area contributed by atoms with Crippen molar-refractivity contribution in [3.05, 3.63) is 76.2 Å². The number of benzene rings is 1. The molecule has 4 rings (SSSR count). The third kappa shape index (κ3) is 5.23. The van der Waals surface area contributed by atoms with Gasteiger partial charge in [-0.05, 0) is 49.6 Å². The molecule has 0 bridgehead atoms. The molecule has 3 heterocycles. The summed E-state index contributed by atoms with van der Waals surface area (Å²) in [6.07, 6.45) is 1.78. The van der Waals surface area contributed by atoms with Gasteiger partial charge in [-0.1, -0.05) is 17.8 Å². The smallest absolute Gasteiger partial charge is 0.338 e. The lowest BCUT2D eigenvalue weighted by molar-refractivity contribution is -0.139. The Labute approximate surface area is 214 Å². The second-order valence-corrected chi connectivity index (χ2v) is 8.83. The average molecular weight is 509 g/mol. The molecule has 0 spiro atoms. The van der Waals surface area contributed by atoms with Crippen LogP contribution in [0.25, 0.3) is 0 Å². The molecule has 0 unspecified atom stereocenters. The van der Waals surface area contributed by atoms with Crippen LogP contribution >= 0.6 is 11.8 Å². The minimum absolute atomic E-state index is 0.0940. The fraction of sp³-hybridized carbons (Fsp3) is 0.308. The number of hydrogen-bond acceptors (Lipinski definition) is 9. The zero-order valence-corrected chi connectivity index (χ0v) is 21.4. The number of carbonyl (C=O) groups excluding carboxylic acids is 2. The maximum absolute atomic E-state index is 13.2. The number of allylic oxidation sites excluding steroid dienone is 1. The van der Waals surface area contributed by atoms with Crippen LogP contribution in [-0.4, -0.2) is 47.8 Å². The number of methoxy groups -OCH3 is 2. The summed E-state index contributed by atoms with van der Waals surface area (Å²) in [5, 5.41) is 5.47. The van der Waals surface area contributed by atoms with Gasteiger partial charge < -0.3 is 24.4 Å². The molecule has 0 saturated carbocycles. The number of hydrogen-bond donors (Lipinski definition) is 1. The van der Waals surface area contributed by atoms with Crippen molar-refractivity contribution < 1.29 is 23.8 Å². The Hall–Kier alpha value is -3.79. The van der Waals surface area contributed by atoms with Gasteiger partial charge in [0.1, 0.15) is 11.5 Å². The van der Waals surface area contributed by atoms with Gasteiger partial charge in [-0.2, -0.15) is 0 Å². The van der Waals surface area contributed by atoms with Gasteiger partial charge in [0.2, 0.25) is 5.91 Å². The van der Waals surface area contributed by atoms with Gasteiger partial charge in [-0.25, -0.2) is 9.79 Å². The van der Waals surface area contributed by atoms with E-state index in [1.807, 2.05) is 34.6 Å². The predicted molar refractivity (Wildman–Crippen MR) is 137 cm³/mol. The first kappa shape index (κ1) is 25.3. The number of pyridine rings is 1. The van der Waals surface area contributed by atoms with Crippen LogP contribution in [0, 0.1) is 0 Å². The molecule has 0 radical (unpaired) electrons. The summed E-state index contributed by atoms with van der Waals surface area (Å²) in [5.41, 5.74) is 3.11. The molecule has 10 heteroatoms. The van der Waals surface area contributed by atoms with Gasteiger partial charge >= 0.3 is 5.97 Å². The molecule has 2 aromatic rings. The number of aliphatic imine (C=N–C) groups is 1. The SMILES string of the molecule is CCOC(=O)C1=C(C)N=C2SC=C(CC(=O)NCc3ccccn3)N2[C@@H]1c1cc(OC)ccc1OC. The molecule has 1 N–H and O–H groups in total. The van der Waals surface area contributed by atoms with E-state index in [1.54, 1.807) is 46.4 Å². The van der Waals surface area contributed by atoms with Gasteiger partial charge in [0, 0.05) is 17.5 Å². The van der Waals surface area contributed by atoms with Crippen molar-refractivity contribution in [1.29, 1.82) is 0 Å². The number of aromatic nitrogens is 1. The van der Waals surface area contributed by atoms with Crippen molar-refractivity contribution in [1.82, 2.24) is 15.2 Å². The average Bonchev–Trinajstić information content (AvgIpc) is 3.28. The minimum atomic E-state index is -0.619. The molecule has 2 aliphatic rings. The highest BCUT2D eigenvalue weighted by Gasteiger charge is 2.42. The molecule has 0 saturated heterocycles. The fourth-order valence-electron chi connectivity index (χ4n) is 4.11. The maximum atomic E-state index is 13.2. The summed E-state index contributed by atoms with van der Waals surface area (Å²) in [6.45, 7) is 4.09. The van der Waals surface area contributed by atoms with Crippen molar-refractivity contribution in [2.24, 2.45) is 4.99 Å². The summed E-state index contributed by atoms with van der Waals surface area (Å²) in [4.78, 5) is 36.9. The number of rotatable bonds is 9. The number of esters is 1. The van der Waals surface area contributed by atoms with E-state index in [0.29, 0.717) is 45.7 Å². The molecule has 0 fully saturated rings. The molecular formula is C26H28N4O5S. The number of thioether (sulfide) groups is 1. The molecule has 9 nitrogen and oxygen atoms in total. The zero-order chi connectivity index (χ0) is 25.7. The van der Waals surface area contributed by atoms with Crippen molar-refractivity contribution in [3.63, 3.8) is 0 Å². The van der Waals surface area contributed by atoms with E-state index in [0.717, 1.165) is 5.69 Å².